The number of hydrogen-bond donors (Lipinski definition) is 2. The molecule has 0 unspecified atom stereocenters. The minimum atomic E-state index is -3.89. The maximum atomic E-state index is 13.0. The molecule has 2 N–H and O–H groups in total. The molecule has 9 heteroatoms. The third-order valence-electron chi connectivity index (χ3n) is 4.93. The average molecular weight is 454 g/mol. The van der Waals surface area contributed by atoms with Gasteiger partial charge in [0.25, 0.3) is 10.0 Å². The first-order chi connectivity index (χ1) is 14.1. The van der Waals surface area contributed by atoms with Crippen molar-refractivity contribution in [1.29, 1.82) is 0 Å². The predicted octanol–water partition coefficient (Wildman–Crippen LogP) is 3.96. The lowest BCUT2D eigenvalue weighted by Crippen LogP contribution is -2.30. The Bertz CT molecular complexity index is 1090. The molecule has 0 aliphatic rings. The van der Waals surface area contributed by atoms with Crippen LogP contribution in [-0.4, -0.2) is 40.8 Å². The van der Waals surface area contributed by atoms with Crippen LogP contribution in [0.4, 0.5) is 11.4 Å². The SMILES string of the molecule is CCCNc1ccc(S(=O)(=O)N(CC)CC)cc1NS(=O)(=O)c1ccc(C)c(C)c1. The van der Waals surface area contributed by atoms with Crippen LogP contribution in [0.3, 0.4) is 0 Å². The first-order valence-corrected chi connectivity index (χ1v) is 13.0. The molecule has 0 saturated heterocycles. The van der Waals surface area contributed by atoms with Crippen molar-refractivity contribution in [2.45, 2.75) is 50.8 Å². The van der Waals surface area contributed by atoms with Gasteiger partial charge in [0, 0.05) is 19.6 Å². The van der Waals surface area contributed by atoms with Gasteiger partial charge in [0.05, 0.1) is 21.2 Å². The molecule has 0 atom stereocenters. The molecule has 2 aromatic carbocycles. The summed E-state index contributed by atoms with van der Waals surface area (Å²) < 4.78 is 55.7. The fourth-order valence-corrected chi connectivity index (χ4v) is 5.62. The van der Waals surface area contributed by atoms with Crippen molar-refractivity contribution in [1.82, 2.24) is 4.31 Å². The van der Waals surface area contributed by atoms with Crippen molar-refractivity contribution in [2.24, 2.45) is 0 Å². The zero-order valence-electron chi connectivity index (χ0n) is 18.2. The van der Waals surface area contributed by atoms with E-state index in [1.165, 1.54) is 16.4 Å². The fraction of sp³-hybridized carbons (Fsp3) is 0.429. The smallest absolute Gasteiger partial charge is 0.261 e. The monoisotopic (exact) mass is 453 g/mol. The number of hydrogen-bond acceptors (Lipinski definition) is 5. The number of nitrogens with zero attached hydrogens (tertiary/aromatic N) is 1. The van der Waals surface area contributed by atoms with Gasteiger partial charge in [-0.25, -0.2) is 16.8 Å². The van der Waals surface area contributed by atoms with Gasteiger partial charge in [0.2, 0.25) is 10.0 Å². The van der Waals surface area contributed by atoms with Crippen LogP contribution in [-0.2, 0) is 20.0 Å². The summed E-state index contributed by atoms with van der Waals surface area (Å²) in [6, 6.07) is 9.38. The van der Waals surface area contributed by atoms with E-state index in [2.05, 4.69) is 10.0 Å². The summed E-state index contributed by atoms with van der Waals surface area (Å²) in [5.74, 6) is 0. The minimum Gasteiger partial charge on any atom is -0.383 e. The van der Waals surface area contributed by atoms with E-state index in [4.69, 9.17) is 0 Å². The van der Waals surface area contributed by atoms with E-state index in [9.17, 15) is 16.8 Å². The van der Waals surface area contributed by atoms with E-state index in [1.807, 2.05) is 20.8 Å². The molecule has 0 aromatic heterocycles. The second-order valence-electron chi connectivity index (χ2n) is 7.08. The number of rotatable bonds is 10. The molecule has 0 spiro atoms. The summed E-state index contributed by atoms with van der Waals surface area (Å²) >= 11 is 0. The Labute approximate surface area is 180 Å². The van der Waals surface area contributed by atoms with Crippen LogP contribution in [0.1, 0.15) is 38.3 Å². The lowest BCUT2D eigenvalue weighted by molar-refractivity contribution is 0.445. The van der Waals surface area contributed by atoms with E-state index >= 15 is 0 Å². The molecule has 166 valence electrons. The zero-order chi connectivity index (χ0) is 22.5. The van der Waals surface area contributed by atoms with E-state index < -0.39 is 20.0 Å². The van der Waals surface area contributed by atoms with Crippen molar-refractivity contribution < 1.29 is 16.8 Å². The number of benzene rings is 2. The molecule has 7 nitrogen and oxygen atoms in total. The number of nitrogens with one attached hydrogen (secondary N) is 2. The maximum absolute atomic E-state index is 13.0. The van der Waals surface area contributed by atoms with Gasteiger partial charge in [-0.15, -0.1) is 0 Å². The van der Waals surface area contributed by atoms with Crippen molar-refractivity contribution in [3.05, 3.63) is 47.5 Å². The van der Waals surface area contributed by atoms with E-state index in [1.54, 1.807) is 38.1 Å². The van der Waals surface area contributed by atoms with Crippen LogP contribution >= 0.6 is 0 Å². The molecule has 0 radical (unpaired) electrons. The topological polar surface area (TPSA) is 95.6 Å². The third kappa shape index (κ3) is 5.33. The second kappa shape index (κ2) is 9.80. The third-order valence-corrected chi connectivity index (χ3v) is 8.34. The second-order valence-corrected chi connectivity index (χ2v) is 10.7. The predicted molar refractivity (Wildman–Crippen MR) is 122 cm³/mol. The fourth-order valence-electron chi connectivity index (χ4n) is 2.98. The van der Waals surface area contributed by atoms with Gasteiger partial charge in [-0.1, -0.05) is 26.8 Å². The van der Waals surface area contributed by atoms with Crippen LogP contribution < -0.4 is 10.0 Å². The lowest BCUT2D eigenvalue weighted by Gasteiger charge is -2.20. The minimum absolute atomic E-state index is 0.0473. The van der Waals surface area contributed by atoms with E-state index in [0.29, 0.717) is 25.3 Å². The Morgan fingerprint density at radius 2 is 1.43 bits per heavy atom. The highest BCUT2D eigenvalue weighted by Gasteiger charge is 2.24. The van der Waals surface area contributed by atoms with Crippen molar-refractivity contribution in [3.63, 3.8) is 0 Å². The molecule has 0 aliphatic carbocycles. The molecule has 0 fully saturated rings. The maximum Gasteiger partial charge on any atom is 0.261 e. The van der Waals surface area contributed by atoms with Crippen LogP contribution in [0.15, 0.2) is 46.2 Å². The standard InChI is InChI=1S/C21H31N3O4S2/c1-6-13-22-20-12-11-19(30(27,28)24(7-2)8-3)15-21(20)23-29(25,26)18-10-9-16(4)17(5)14-18/h9-12,14-15,22-23H,6-8,13H2,1-5H3. The van der Waals surface area contributed by atoms with E-state index in [0.717, 1.165) is 17.5 Å². The van der Waals surface area contributed by atoms with Gasteiger partial charge in [0.1, 0.15) is 0 Å². The lowest BCUT2D eigenvalue weighted by atomic mass is 10.1. The quantitative estimate of drug-likeness (QED) is 0.568. The van der Waals surface area contributed by atoms with Crippen LogP contribution in [0.5, 0.6) is 0 Å². The molecule has 0 heterocycles. The first-order valence-electron chi connectivity index (χ1n) is 10.0. The summed E-state index contributed by atoms with van der Waals surface area (Å²) in [6.07, 6.45) is 0.836. The number of anilines is 2. The van der Waals surface area contributed by atoms with Gasteiger partial charge in [-0.2, -0.15) is 4.31 Å². The van der Waals surface area contributed by atoms with Crippen molar-refractivity contribution in [2.75, 3.05) is 29.7 Å². The average Bonchev–Trinajstić information content (AvgIpc) is 2.69. The largest absolute Gasteiger partial charge is 0.383 e. The number of sulfonamides is 2. The normalized spacial score (nSPS) is 12.2. The summed E-state index contributed by atoms with van der Waals surface area (Å²) in [5, 5.41) is 3.16. The van der Waals surface area contributed by atoms with Crippen LogP contribution in [0.25, 0.3) is 0 Å². The Morgan fingerprint density at radius 1 is 0.800 bits per heavy atom. The molecule has 0 aliphatic heterocycles. The summed E-state index contributed by atoms with van der Waals surface area (Å²) in [7, 11) is -7.61. The molecule has 0 saturated carbocycles. The molecule has 30 heavy (non-hydrogen) atoms. The molecular weight excluding hydrogens is 422 g/mol. The highest BCUT2D eigenvalue weighted by molar-refractivity contribution is 7.92. The zero-order valence-corrected chi connectivity index (χ0v) is 19.8. The number of aryl methyl sites for hydroxylation is 2. The molecule has 2 aromatic rings. The van der Waals surface area contributed by atoms with Crippen LogP contribution in [0, 0.1) is 13.8 Å². The Morgan fingerprint density at radius 3 is 2.00 bits per heavy atom. The highest BCUT2D eigenvalue weighted by atomic mass is 32.2. The van der Waals surface area contributed by atoms with Gasteiger partial charge < -0.3 is 5.32 Å². The van der Waals surface area contributed by atoms with Gasteiger partial charge >= 0.3 is 0 Å². The Kier molecular flexibility index (Phi) is 7.90. The summed E-state index contributed by atoms with van der Waals surface area (Å²) in [6.45, 7) is 10.6. The van der Waals surface area contributed by atoms with Crippen LogP contribution in [0.2, 0.25) is 0 Å². The van der Waals surface area contributed by atoms with Crippen molar-refractivity contribution in [3.8, 4) is 0 Å². The van der Waals surface area contributed by atoms with Gasteiger partial charge in [-0.05, 0) is 61.7 Å². The molecule has 2 rings (SSSR count). The molecular formula is C21H31N3O4S2. The van der Waals surface area contributed by atoms with Gasteiger partial charge in [0.15, 0.2) is 0 Å². The summed E-state index contributed by atoms with van der Waals surface area (Å²) in [4.78, 5) is 0.176. The Balaban J connectivity index is 2.53. The summed E-state index contributed by atoms with van der Waals surface area (Å²) in [5.41, 5.74) is 2.59. The van der Waals surface area contributed by atoms with Gasteiger partial charge in [-0.3, -0.25) is 4.72 Å². The first kappa shape index (κ1) is 24.2. The Hall–Kier alpha value is -2.10. The highest BCUT2D eigenvalue weighted by Crippen LogP contribution is 2.30. The molecule has 0 bridgehead atoms. The molecule has 0 amide bonds. The van der Waals surface area contributed by atoms with E-state index in [-0.39, 0.29) is 15.5 Å². The van der Waals surface area contributed by atoms with Crippen molar-refractivity contribution >= 4 is 31.4 Å².